The van der Waals surface area contributed by atoms with Gasteiger partial charge in [0.05, 0.1) is 0 Å². The van der Waals surface area contributed by atoms with Crippen molar-refractivity contribution in [2.75, 3.05) is 0 Å². The fourth-order valence-corrected chi connectivity index (χ4v) is 1.50. The molecule has 15 heavy (non-hydrogen) atoms. The summed E-state index contributed by atoms with van der Waals surface area (Å²) in [6.07, 6.45) is 1.91. The smallest absolute Gasteiger partial charge is 0.137 e. The number of carbonyl (C=O) groups excluding carboxylic acids is 1. The summed E-state index contributed by atoms with van der Waals surface area (Å²) in [5, 5.41) is 0. The summed E-state index contributed by atoms with van der Waals surface area (Å²) in [5.74, 6) is 0.279. The Kier molecular flexibility index (Phi) is 4.50. The summed E-state index contributed by atoms with van der Waals surface area (Å²) in [7, 11) is 0. The molecule has 0 saturated carbocycles. The lowest BCUT2D eigenvalue weighted by molar-refractivity contribution is -0.118. The number of carbonyl (C=O) groups is 1. The summed E-state index contributed by atoms with van der Waals surface area (Å²) < 4.78 is 0. The van der Waals surface area contributed by atoms with Gasteiger partial charge in [-0.25, -0.2) is 0 Å². The predicted molar refractivity (Wildman–Crippen MR) is 62.8 cm³/mol. The van der Waals surface area contributed by atoms with Gasteiger partial charge in [0.1, 0.15) is 5.78 Å². The molecule has 0 saturated heterocycles. The summed E-state index contributed by atoms with van der Waals surface area (Å²) in [6.45, 7) is 3.97. The zero-order chi connectivity index (χ0) is 11.3. The van der Waals surface area contributed by atoms with Crippen LogP contribution in [0.1, 0.15) is 30.9 Å². The maximum atomic E-state index is 11.6. The van der Waals surface area contributed by atoms with Crippen LogP contribution >= 0.6 is 0 Å². The first-order valence-electron chi connectivity index (χ1n) is 5.41. The molecule has 0 heterocycles. The lowest BCUT2D eigenvalue weighted by Crippen LogP contribution is -2.17. The van der Waals surface area contributed by atoms with Crippen molar-refractivity contribution in [3.8, 4) is 0 Å². The molecule has 82 valence electrons. The van der Waals surface area contributed by atoms with Crippen LogP contribution in [0.2, 0.25) is 0 Å². The van der Waals surface area contributed by atoms with Gasteiger partial charge in [-0.3, -0.25) is 4.79 Å². The van der Waals surface area contributed by atoms with Crippen molar-refractivity contribution in [3.05, 3.63) is 35.4 Å². The van der Waals surface area contributed by atoms with Crippen LogP contribution in [0, 0.1) is 6.92 Å². The fraction of sp³-hybridized carbons (Fsp3) is 0.462. The Morgan fingerprint density at radius 1 is 1.40 bits per heavy atom. The Morgan fingerprint density at radius 3 is 2.67 bits per heavy atom. The monoisotopic (exact) mass is 205 g/mol. The average molecular weight is 205 g/mol. The van der Waals surface area contributed by atoms with Gasteiger partial charge < -0.3 is 5.73 Å². The molecule has 2 nitrogen and oxygen atoms in total. The highest BCUT2D eigenvalue weighted by Crippen LogP contribution is 2.09. The summed E-state index contributed by atoms with van der Waals surface area (Å²) in [5.41, 5.74) is 7.93. The summed E-state index contributed by atoms with van der Waals surface area (Å²) in [4.78, 5) is 11.6. The van der Waals surface area contributed by atoms with E-state index in [9.17, 15) is 4.79 Å². The number of Topliss-reactive ketones (excluding diaryl/α,β-unsaturated/α-hetero) is 1. The molecule has 0 aliphatic carbocycles. The molecule has 0 aliphatic rings. The molecule has 1 unspecified atom stereocenters. The molecule has 1 atom stereocenters. The van der Waals surface area contributed by atoms with Gasteiger partial charge in [0.2, 0.25) is 0 Å². The molecule has 0 amide bonds. The van der Waals surface area contributed by atoms with E-state index in [4.69, 9.17) is 5.73 Å². The summed E-state index contributed by atoms with van der Waals surface area (Å²) >= 11 is 0. The van der Waals surface area contributed by atoms with Crippen molar-refractivity contribution in [3.63, 3.8) is 0 Å². The number of rotatable bonds is 5. The number of hydrogen-bond donors (Lipinski definition) is 1. The largest absolute Gasteiger partial charge is 0.328 e. The van der Waals surface area contributed by atoms with E-state index in [1.807, 2.05) is 38.1 Å². The minimum atomic E-state index is 0.117. The third-order valence-electron chi connectivity index (χ3n) is 2.53. The maximum Gasteiger partial charge on any atom is 0.137 e. The SMILES string of the molecule is Cc1ccccc1CC(=O)CCC(C)N. The van der Waals surface area contributed by atoms with Crippen molar-refractivity contribution in [2.45, 2.75) is 39.2 Å². The third-order valence-corrected chi connectivity index (χ3v) is 2.53. The third kappa shape index (κ3) is 4.26. The Balaban J connectivity index is 2.48. The maximum absolute atomic E-state index is 11.6. The molecule has 1 aromatic rings. The molecule has 0 radical (unpaired) electrons. The first-order valence-corrected chi connectivity index (χ1v) is 5.41. The van der Waals surface area contributed by atoms with E-state index in [1.165, 1.54) is 5.56 Å². The number of nitrogens with two attached hydrogens (primary N) is 1. The van der Waals surface area contributed by atoms with Gasteiger partial charge in [0, 0.05) is 18.9 Å². The molecular formula is C13H19NO. The highest BCUT2D eigenvalue weighted by molar-refractivity contribution is 5.81. The molecule has 0 aromatic heterocycles. The minimum Gasteiger partial charge on any atom is -0.328 e. The van der Waals surface area contributed by atoms with Crippen molar-refractivity contribution in [1.82, 2.24) is 0 Å². The van der Waals surface area contributed by atoms with Crippen LogP contribution in [0.5, 0.6) is 0 Å². The highest BCUT2D eigenvalue weighted by Gasteiger charge is 2.06. The molecule has 0 fully saturated rings. The second-order valence-electron chi connectivity index (χ2n) is 4.16. The van der Waals surface area contributed by atoms with E-state index in [1.54, 1.807) is 0 Å². The van der Waals surface area contributed by atoms with Gasteiger partial charge in [0.15, 0.2) is 0 Å². The zero-order valence-electron chi connectivity index (χ0n) is 9.49. The Labute approximate surface area is 91.5 Å². The standard InChI is InChI=1S/C13H19NO/c1-10-5-3-4-6-12(10)9-13(15)8-7-11(2)14/h3-6,11H,7-9,14H2,1-2H3. The zero-order valence-corrected chi connectivity index (χ0v) is 9.49. The molecule has 1 aromatic carbocycles. The molecule has 0 spiro atoms. The predicted octanol–water partition coefficient (Wildman–Crippen LogP) is 2.23. The van der Waals surface area contributed by atoms with Gasteiger partial charge in [-0.05, 0) is 31.4 Å². The van der Waals surface area contributed by atoms with Crippen LogP contribution in [-0.2, 0) is 11.2 Å². The Bertz CT molecular complexity index is 331. The van der Waals surface area contributed by atoms with Crippen LogP contribution in [0.15, 0.2) is 24.3 Å². The second-order valence-corrected chi connectivity index (χ2v) is 4.16. The minimum absolute atomic E-state index is 0.117. The lowest BCUT2D eigenvalue weighted by Gasteiger charge is -2.06. The quantitative estimate of drug-likeness (QED) is 0.801. The first kappa shape index (κ1) is 11.9. The van der Waals surface area contributed by atoms with Gasteiger partial charge in [-0.15, -0.1) is 0 Å². The van der Waals surface area contributed by atoms with E-state index in [2.05, 4.69) is 0 Å². The molecule has 0 aliphatic heterocycles. The van der Waals surface area contributed by atoms with Gasteiger partial charge in [-0.1, -0.05) is 24.3 Å². The van der Waals surface area contributed by atoms with Crippen LogP contribution < -0.4 is 5.73 Å². The molecule has 2 N–H and O–H groups in total. The van der Waals surface area contributed by atoms with Crippen LogP contribution in [0.25, 0.3) is 0 Å². The molecule has 1 rings (SSSR count). The first-order chi connectivity index (χ1) is 7.09. The Hall–Kier alpha value is -1.15. The topological polar surface area (TPSA) is 43.1 Å². The van der Waals surface area contributed by atoms with Gasteiger partial charge in [-0.2, -0.15) is 0 Å². The van der Waals surface area contributed by atoms with Crippen LogP contribution in [-0.4, -0.2) is 11.8 Å². The van der Waals surface area contributed by atoms with Crippen molar-refractivity contribution >= 4 is 5.78 Å². The molecule has 0 bridgehead atoms. The van der Waals surface area contributed by atoms with E-state index in [0.29, 0.717) is 12.8 Å². The fourth-order valence-electron chi connectivity index (χ4n) is 1.50. The van der Waals surface area contributed by atoms with E-state index in [-0.39, 0.29) is 11.8 Å². The lowest BCUT2D eigenvalue weighted by atomic mass is 10.0. The normalized spacial score (nSPS) is 12.5. The summed E-state index contributed by atoms with van der Waals surface area (Å²) in [6, 6.07) is 8.13. The molecular weight excluding hydrogens is 186 g/mol. The number of aryl methyl sites for hydroxylation is 1. The van der Waals surface area contributed by atoms with Gasteiger partial charge >= 0.3 is 0 Å². The Morgan fingerprint density at radius 2 is 2.07 bits per heavy atom. The second kappa shape index (κ2) is 5.66. The van der Waals surface area contributed by atoms with Crippen LogP contribution in [0.4, 0.5) is 0 Å². The van der Waals surface area contributed by atoms with E-state index < -0.39 is 0 Å². The molecule has 2 heteroatoms. The number of ketones is 1. The van der Waals surface area contributed by atoms with Crippen molar-refractivity contribution in [2.24, 2.45) is 5.73 Å². The van der Waals surface area contributed by atoms with Crippen LogP contribution in [0.3, 0.4) is 0 Å². The van der Waals surface area contributed by atoms with Crippen molar-refractivity contribution < 1.29 is 4.79 Å². The highest BCUT2D eigenvalue weighted by atomic mass is 16.1. The number of benzene rings is 1. The van der Waals surface area contributed by atoms with E-state index >= 15 is 0 Å². The van der Waals surface area contributed by atoms with E-state index in [0.717, 1.165) is 12.0 Å². The van der Waals surface area contributed by atoms with Crippen molar-refractivity contribution in [1.29, 1.82) is 0 Å². The average Bonchev–Trinajstić information content (AvgIpc) is 2.18. The number of hydrogen-bond acceptors (Lipinski definition) is 2. The van der Waals surface area contributed by atoms with Gasteiger partial charge in [0.25, 0.3) is 0 Å².